The molecule has 0 saturated carbocycles. The Kier molecular flexibility index (Phi) is 5.60. The van der Waals surface area contributed by atoms with Crippen molar-refractivity contribution in [2.24, 2.45) is 0 Å². The smallest absolute Gasteiger partial charge is 0.335 e. The average molecular weight is 380 g/mol. The van der Waals surface area contributed by atoms with Crippen molar-refractivity contribution in [3.8, 4) is 0 Å². The van der Waals surface area contributed by atoms with Crippen LogP contribution in [-0.2, 0) is 21.3 Å². The quantitative estimate of drug-likeness (QED) is 0.641. The summed E-state index contributed by atoms with van der Waals surface area (Å²) in [5, 5.41) is 12.2. The van der Waals surface area contributed by atoms with Gasteiger partial charge in [-0.25, -0.2) is 17.9 Å². The zero-order chi connectivity index (χ0) is 18.6. The average Bonchev–Trinajstić information content (AvgIpc) is 3.31. The van der Waals surface area contributed by atoms with Gasteiger partial charge in [-0.1, -0.05) is 0 Å². The van der Waals surface area contributed by atoms with E-state index in [1.54, 1.807) is 12.1 Å². The van der Waals surface area contributed by atoms with Crippen molar-refractivity contribution in [3.63, 3.8) is 0 Å². The van der Waals surface area contributed by atoms with Crippen molar-refractivity contribution in [1.29, 1.82) is 0 Å². The molecule has 1 fully saturated rings. The lowest BCUT2D eigenvalue weighted by molar-refractivity contribution is 0.0696. The molecule has 9 heteroatoms. The second-order valence-corrected chi connectivity index (χ2v) is 7.67. The highest BCUT2D eigenvalue weighted by molar-refractivity contribution is 7.89. The summed E-state index contributed by atoms with van der Waals surface area (Å²) < 4.78 is 38.5. The van der Waals surface area contributed by atoms with Gasteiger partial charge < -0.3 is 19.6 Å². The second-order valence-electron chi connectivity index (χ2n) is 5.94. The van der Waals surface area contributed by atoms with E-state index >= 15 is 0 Å². The number of hydrogen-bond acceptors (Lipinski definition) is 6. The molecule has 8 nitrogen and oxygen atoms in total. The van der Waals surface area contributed by atoms with Crippen LogP contribution in [0.1, 0.15) is 29.0 Å². The van der Waals surface area contributed by atoms with Crippen LogP contribution in [0.5, 0.6) is 0 Å². The summed E-state index contributed by atoms with van der Waals surface area (Å²) in [6.07, 6.45) is 3.34. The third-order valence-electron chi connectivity index (χ3n) is 4.08. The zero-order valence-corrected chi connectivity index (χ0v) is 14.8. The molecule has 1 unspecified atom stereocenters. The topological polar surface area (TPSA) is 118 Å². The highest BCUT2D eigenvalue weighted by Crippen LogP contribution is 2.24. The van der Waals surface area contributed by atoms with Crippen molar-refractivity contribution in [3.05, 3.63) is 47.9 Å². The molecule has 1 saturated heterocycles. The van der Waals surface area contributed by atoms with Crippen molar-refractivity contribution in [1.82, 2.24) is 4.72 Å². The third-order valence-corrected chi connectivity index (χ3v) is 5.52. The molecule has 1 aromatic heterocycles. The standard InChI is InChI=1S/C17H20N2O6S/c20-17(21)12-5-6-15(18-10-13-3-1-7-24-13)16(9-12)26(22,23)19-11-14-4-2-8-25-14/h2,4-6,8-9,13,18-19H,1,3,7,10-11H2,(H,20,21). The fourth-order valence-corrected chi connectivity index (χ4v) is 3.91. The van der Waals surface area contributed by atoms with E-state index in [0.29, 0.717) is 24.6 Å². The number of furan rings is 1. The lowest BCUT2D eigenvalue weighted by atomic mass is 10.2. The maximum Gasteiger partial charge on any atom is 0.335 e. The molecule has 0 spiro atoms. The lowest BCUT2D eigenvalue weighted by Gasteiger charge is -2.16. The summed E-state index contributed by atoms with van der Waals surface area (Å²) in [5.41, 5.74) is 0.225. The van der Waals surface area contributed by atoms with E-state index in [1.165, 1.54) is 18.4 Å². The summed E-state index contributed by atoms with van der Waals surface area (Å²) in [4.78, 5) is 11.1. The Morgan fingerprint density at radius 3 is 2.81 bits per heavy atom. The molecule has 2 aromatic rings. The minimum atomic E-state index is -3.95. The van der Waals surface area contributed by atoms with Crippen molar-refractivity contribution < 1.29 is 27.5 Å². The lowest BCUT2D eigenvalue weighted by Crippen LogP contribution is -2.26. The molecule has 2 heterocycles. The number of rotatable bonds is 8. The molecular formula is C17H20N2O6S. The first-order valence-electron chi connectivity index (χ1n) is 8.20. The van der Waals surface area contributed by atoms with E-state index < -0.39 is 16.0 Å². The summed E-state index contributed by atoms with van der Waals surface area (Å²) in [6.45, 7) is 1.12. The highest BCUT2D eigenvalue weighted by Gasteiger charge is 2.22. The van der Waals surface area contributed by atoms with Crippen LogP contribution in [0.25, 0.3) is 0 Å². The third kappa shape index (κ3) is 4.43. The fraction of sp³-hybridized carbons (Fsp3) is 0.353. The number of nitrogens with one attached hydrogen (secondary N) is 2. The fourth-order valence-electron chi connectivity index (χ4n) is 2.71. The van der Waals surface area contributed by atoms with Crippen molar-refractivity contribution in [2.75, 3.05) is 18.5 Å². The number of ether oxygens (including phenoxy) is 1. The molecule has 1 atom stereocenters. The molecule has 0 amide bonds. The Bertz CT molecular complexity index is 857. The van der Waals surface area contributed by atoms with Crippen LogP contribution in [0.15, 0.2) is 45.9 Å². The number of aromatic carboxylic acids is 1. The van der Waals surface area contributed by atoms with Crippen LogP contribution >= 0.6 is 0 Å². The van der Waals surface area contributed by atoms with E-state index in [1.807, 2.05) is 0 Å². The van der Waals surface area contributed by atoms with Crippen LogP contribution in [-0.4, -0.2) is 38.7 Å². The van der Waals surface area contributed by atoms with Gasteiger partial charge >= 0.3 is 5.97 Å². The van der Waals surface area contributed by atoms with Gasteiger partial charge in [0.2, 0.25) is 10.0 Å². The Hall–Kier alpha value is -2.36. The van der Waals surface area contributed by atoms with Crippen LogP contribution < -0.4 is 10.0 Å². The van der Waals surface area contributed by atoms with E-state index in [0.717, 1.165) is 18.9 Å². The first-order valence-corrected chi connectivity index (χ1v) is 9.69. The number of carbonyl (C=O) groups is 1. The SMILES string of the molecule is O=C(O)c1ccc(NCC2CCCO2)c(S(=O)(=O)NCc2ccco2)c1. The van der Waals surface area contributed by atoms with Crippen molar-refractivity contribution in [2.45, 2.75) is 30.4 Å². The molecule has 1 aliphatic rings. The first kappa shape index (κ1) is 18.4. The molecule has 0 radical (unpaired) electrons. The molecule has 140 valence electrons. The van der Waals surface area contributed by atoms with Gasteiger partial charge in [0.1, 0.15) is 10.7 Å². The van der Waals surface area contributed by atoms with Gasteiger partial charge in [0.25, 0.3) is 0 Å². The molecule has 1 aromatic carbocycles. The number of sulfonamides is 1. The largest absolute Gasteiger partial charge is 0.478 e. The highest BCUT2D eigenvalue weighted by atomic mass is 32.2. The Balaban J connectivity index is 1.82. The van der Waals surface area contributed by atoms with E-state index in [-0.39, 0.29) is 23.1 Å². The second kappa shape index (κ2) is 7.90. The molecule has 26 heavy (non-hydrogen) atoms. The van der Waals surface area contributed by atoms with E-state index in [4.69, 9.17) is 9.15 Å². The van der Waals surface area contributed by atoms with Crippen LogP contribution in [0.2, 0.25) is 0 Å². The molecule has 3 rings (SSSR count). The maximum atomic E-state index is 12.7. The predicted molar refractivity (Wildman–Crippen MR) is 93.6 cm³/mol. The van der Waals surface area contributed by atoms with Crippen molar-refractivity contribution >= 4 is 21.7 Å². The Morgan fingerprint density at radius 1 is 1.31 bits per heavy atom. The van der Waals surface area contributed by atoms with Gasteiger partial charge in [0, 0.05) is 13.2 Å². The maximum absolute atomic E-state index is 12.7. The van der Waals surface area contributed by atoms with E-state index in [9.17, 15) is 18.3 Å². The van der Waals surface area contributed by atoms with Gasteiger partial charge in [-0.3, -0.25) is 0 Å². The normalized spacial score (nSPS) is 17.3. The number of benzene rings is 1. The van der Waals surface area contributed by atoms with Crippen LogP contribution in [0.4, 0.5) is 5.69 Å². The monoisotopic (exact) mass is 380 g/mol. The van der Waals surface area contributed by atoms with Crippen LogP contribution in [0.3, 0.4) is 0 Å². The Labute approximate surface area is 151 Å². The summed E-state index contributed by atoms with van der Waals surface area (Å²) in [7, 11) is -3.95. The minimum absolute atomic E-state index is 0.0146. The molecule has 1 aliphatic heterocycles. The molecule has 3 N–H and O–H groups in total. The number of hydrogen-bond donors (Lipinski definition) is 3. The number of carboxylic acid groups (broad SMARTS) is 1. The summed E-state index contributed by atoms with van der Waals surface area (Å²) in [6, 6.07) is 7.27. The predicted octanol–water partition coefficient (Wildman–Crippen LogP) is 2.05. The van der Waals surface area contributed by atoms with Gasteiger partial charge in [-0.15, -0.1) is 0 Å². The van der Waals surface area contributed by atoms with Crippen LogP contribution in [0, 0.1) is 0 Å². The number of anilines is 1. The molecule has 0 bridgehead atoms. The molecule has 0 aliphatic carbocycles. The van der Waals surface area contributed by atoms with Gasteiger partial charge in [0.15, 0.2) is 0 Å². The van der Waals surface area contributed by atoms with Gasteiger partial charge in [0.05, 0.1) is 30.2 Å². The zero-order valence-electron chi connectivity index (χ0n) is 14.0. The minimum Gasteiger partial charge on any atom is -0.478 e. The first-order chi connectivity index (χ1) is 12.5. The summed E-state index contributed by atoms with van der Waals surface area (Å²) in [5.74, 6) is -0.741. The van der Waals surface area contributed by atoms with E-state index in [2.05, 4.69) is 10.0 Å². The Morgan fingerprint density at radius 2 is 2.15 bits per heavy atom. The summed E-state index contributed by atoms with van der Waals surface area (Å²) >= 11 is 0. The van der Waals surface area contributed by atoms with Gasteiger partial charge in [-0.2, -0.15) is 0 Å². The number of carboxylic acids is 1. The van der Waals surface area contributed by atoms with Gasteiger partial charge in [-0.05, 0) is 43.2 Å². The molecular weight excluding hydrogens is 360 g/mol.